The number of nitrogens with zero attached hydrogens (tertiary/aromatic N) is 3. The van der Waals surface area contributed by atoms with Crippen LogP contribution in [0.1, 0.15) is 28.8 Å². The minimum atomic E-state index is -0.295. The largest absolute Gasteiger partial charge is 0.463 e. The lowest BCUT2D eigenvalue weighted by molar-refractivity contribution is 0.0956. The lowest BCUT2D eigenvalue weighted by Crippen LogP contribution is -2.18. The molecule has 1 fully saturated rings. The first-order valence-electron chi connectivity index (χ1n) is 10.4. The second-order valence-corrected chi connectivity index (χ2v) is 7.53. The van der Waals surface area contributed by atoms with Crippen molar-refractivity contribution < 1.29 is 9.21 Å². The van der Waals surface area contributed by atoms with Crippen LogP contribution in [0.25, 0.3) is 22.4 Å². The summed E-state index contributed by atoms with van der Waals surface area (Å²) in [6.07, 6.45) is 5.74. The third kappa shape index (κ3) is 4.05. The Morgan fingerprint density at radius 1 is 1.03 bits per heavy atom. The fraction of sp³-hybridized carbons (Fsp3) is 0.160. The first-order valence-corrected chi connectivity index (χ1v) is 10.4. The topological polar surface area (TPSA) is 70.7 Å². The van der Waals surface area contributed by atoms with Crippen molar-refractivity contribution >= 4 is 28.7 Å². The summed E-state index contributed by atoms with van der Waals surface area (Å²) in [5, 5.41) is 4.93. The fourth-order valence-electron chi connectivity index (χ4n) is 3.89. The smallest absolute Gasteiger partial charge is 0.272 e. The van der Waals surface area contributed by atoms with Crippen LogP contribution in [0.3, 0.4) is 0 Å². The van der Waals surface area contributed by atoms with Crippen molar-refractivity contribution in [2.75, 3.05) is 18.0 Å². The van der Waals surface area contributed by atoms with Gasteiger partial charge in [0, 0.05) is 24.2 Å². The van der Waals surface area contributed by atoms with E-state index in [2.05, 4.69) is 32.5 Å². The van der Waals surface area contributed by atoms with Crippen LogP contribution in [-0.4, -0.2) is 30.2 Å². The van der Waals surface area contributed by atoms with Gasteiger partial charge in [0.15, 0.2) is 5.76 Å². The van der Waals surface area contributed by atoms with Gasteiger partial charge in [0.2, 0.25) is 0 Å². The summed E-state index contributed by atoms with van der Waals surface area (Å²) in [5.41, 5.74) is 6.63. The molecule has 0 unspecified atom stereocenters. The highest BCUT2D eigenvalue weighted by molar-refractivity contribution is 6.07. The lowest BCUT2D eigenvalue weighted by Gasteiger charge is -2.17. The zero-order valence-electron chi connectivity index (χ0n) is 17.0. The Labute approximate surface area is 180 Å². The van der Waals surface area contributed by atoms with Crippen LogP contribution in [0.15, 0.2) is 82.5 Å². The minimum Gasteiger partial charge on any atom is -0.463 e. The van der Waals surface area contributed by atoms with Crippen molar-refractivity contribution in [3.05, 3.63) is 84.1 Å². The van der Waals surface area contributed by atoms with Crippen LogP contribution in [0.5, 0.6) is 0 Å². The Kier molecular flexibility index (Phi) is 5.19. The Bertz CT molecular complexity index is 1220. The monoisotopic (exact) mass is 410 g/mol. The predicted molar refractivity (Wildman–Crippen MR) is 122 cm³/mol. The van der Waals surface area contributed by atoms with Crippen molar-refractivity contribution in [3.8, 4) is 11.5 Å². The SMILES string of the molecule is O=C(N/N=C/c1ccc(N2CCCC2)cc1)c1cc(-c2ccco2)nc2ccccc12. The van der Waals surface area contributed by atoms with E-state index in [1.54, 1.807) is 24.6 Å². The second-order valence-electron chi connectivity index (χ2n) is 7.53. The number of amides is 1. The quantitative estimate of drug-likeness (QED) is 0.377. The molecule has 1 amide bonds. The number of hydrogen-bond acceptors (Lipinski definition) is 5. The Hall–Kier alpha value is -3.93. The molecule has 3 heterocycles. The molecule has 6 nitrogen and oxygen atoms in total. The minimum absolute atomic E-state index is 0.295. The molecule has 0 radical (unpaired) electrons. The molecule has 154 valence electrons. The number of para-hydroxylation sites is 1. The van der Waals surface area contributed by atoms with E-state index < -0.39 is 0 Å². The highest BCUT2D eigenvalue weighted by atomic mass is 16.3. The molecule has 2 aromatic heterocycles. The Morgan fingerprint density at radius 3 is 2.61 bits per heavy atom. The molecule has 31 heavy (non-hydrogen) atoms. The number of rotatable bonds is 5. The first-order chi connectivity index (χ1) is 15.3. The molecule has 6 heteroatoms. The van der Waals surface area contributed by atoms with Crippen LogP contribution in [-0.2, 0) is 0 Å². The molecular weight excluding hydrogens is 388 g/mol. The third-order valence-electron chi connectivity index (χ3n) is 5.48. The van der Waals surface area contributed by atoms with Crippen molar-refractivity contribution in [1.29, 1.82) is 0 Å². The van der Waals surface area contributed by atoms with Crippen LogP contribution in [0.2, 0.25) is 0 Å². The number of benzene rings is 2. The number of nitrogens with one attached hydrogen (secondary N) is 1. The van der Waals surface area contributed by atoms with E-state index in [0.717, 1.165) is 29.6 Å². The second kappa shape index (κ2) is 8.44. The van der Waals surface area contributed by atoms with Gasteiger partial charge in [-0.3, -0.25) is 4.79 Å². The Balaban J connectivity index is 1.35. The van der Waals surface area contributed by atoms with E-state index in [0.29, 0.717) is 17.0 Å². The van der Waals surface area contributed by atoms with Gasteiger partial charge in [0.05, 0.1) is 23.6 Å². The number of furan rings is 1. The first kappa shape index (κ1) is 19.1. The summed E-state index contributed by atoms with van der Waals surface area (Å²) in [5.74, 6) is 0.317. The van der Waals surface area contributed by atoms with E-state index in [9.17, 15) is 4.79 Å². The molecule has 1 saturated heterocycles. The summed E-state index contributed by atoms with van der Waals surface area (Å²) < 4.78 is 5.46. The molecule has 1 aliphatic rings. The Morgan fingerprint density at radius 2 is 1.84 bits per heavy atom. The predicted octanol–water partition coefficient (Wildman–Crippen LogP) is 4.86. The molecule has 0 saturated carbocycles. The summed E-state index contributed by atoms with van der Waals surface area (Å²) in [6, 6.07) is 21.1. The number of pyridine rings is 1. The van der Waals surface area contributed by atoms with E-state index in [4.69, 9.17) is 4.42 Å². The maximum Gasteiger partial charge on any atom is 0.272 e. The summed E-state index contributed by atoms with van der Waals surface area (Å²) in [4.78, 5) is 19.9. The van der Waals surface area contributed by atoms with Gasteiger partial charge < -0.3 is 9.32 Å². The average Bonchev–Trinajstić information content (AvgIpc) is 3.53. The van der Waals surface area contributed by atoms with Gasteiger partial charge in [0.1, 0.15) is 5.69 Å². The zero-order chi connectivity index (χ0) is 21.0. The van der Waals surface area contributed by atoms with Gasteiger partial charge in [0.25, 0.3) is 5.91 Å². The van der Waals surface area contributed by atoms with Crippen molar-refractivity contribution in [3.63, 3.8) is 0 Å². The molecule has 1 aliphatic heterocycles. The standard InChI is InChI=1S/C25H22N4O2/c30-25(28-26-17-18-9-11-19(12-10-18)29-13-3-4-14-29)21-16-23(24-8-5-15-31-24)27-22-7-2-1-6-20(21)22/h1-2,5-12,15-17H,3-4,13-14H2,(H,28,30)/b26-17+. The van der Waals surface area contributed by atoms with Crippen molar-refractivity contribution in [2.45, 2.75) is 12.8 Å². The zero-order valence-corrected chi connectivity index (χ0v) is 17.0. The fourth-order valence-corrected chi connectivity index (χ4v) is 3.89. The summed E-state index contributed by atoms with van der Waals surface area (Å²) >= 11 is 0. The van der Waals surface area contributed by atoms with Gasteiger partial charge in [-0.1, -0.05) is 30.3 Å². The number of hydrazone groups is 1. The number of carbonyl (C=O) groups is 1. The van der Waals surface area contributed by atoms with E-state index in [1.165, 1.54) is 18.5 Å². The normalized spacial score (nSPS) is 13.9. The van der Waals surface area contributed by atoms with E-state index >= 15 is 0 Å². The van der Waals surface area contributed by atoms with Crippen molar-refractivity contribution in [1.82, 2.24) is 10.4 Å². The van der Waals surface area contributed by atoms with Crippen LogP contribution < -0.4 is 10.3 Å². The maximum absolute atomic E-state index is 12.9. The van der Waals surface area contributed by atoms with Gasteiger partial charge in [-0.15, -0.1) is 0 Å². The highest BCUT2D eigenvalue weighted by Crippen LogP contribution is 2.25. The van der Waals surface area contributed by atoms with Crippen LogP contribution >= 0.6 is 0 Å². The molecular formula is C25H22N4O2. The van der Waals surface area contributed by atoms with Gasteiger partial charge in [-0.2, -0.15) is 5.10 Å². The molecule has 0 bridgehead atoms. The summed E-state index contributed by atoms with van der Waals surface area (Å²) in [6.45, 7) is 2.23. The van der Waals surface area contributed by atoms with Crippen LogP contribution in [0.4, 0.5) is 5.69 Å². The lowest BCUT2D eigenvalue weighted by atomic mass is 10.1. The van der Waals surface area contributed by atoms with Gasteiger partial charge in [-0.25, -0.2) is 10.4 Å². The third-order valence-corrected chi connectivity index (χ3v) is 5.48. The molecule has 0 aliphatic carbocycles. The van der Waals surface area contributed by atoms with Gasteiger partial charge >= 0.3 is 0 Å². The van der Waals surface area contributed by atoms with Gasteiger partial charge in [-0.05, 0) is 54.8 Å². The molecule has 5 rings (SSSR count). The maximum atomic E-state index is 12.9. The number of aromatic nitrogens is 1. The average molecular weight is 410 g/mol. The number of carbonyl (C=O) groups excluding carboxylic acids is 1. The molecule has 4 aromatic rings. The van der Waals surface area contributed by atoms with E-state index in [-0.39, 0.29) is 5.91 Å². The molecule has 1 N–H and O–H groups in total. The molecule has 0 atom stereocenters. The summed E-state index contributed by atoms with van der Waals surface area (Å²) in [7, 11) is 0. The number of anilines is 1. The molecule has 2 aromatic carbocycles. The van der Waals surface area contributed by atoms with Crippen molar-refractivity contribution in [2.24, 2.45) is 5.10 Å². The molecule has 0 spiro atoms. The highest BCUT2D eigenvalue weighted by Gasteiger charge is 2.15. The van der Waals surface area contributed by atoms with E-state index in [1.807, 2.05) is 42.5 Å². The number of fused-ring (bicyclic) bond motifs is 1. The number of hydrogen-bond donors (Lipinski definition) is 1. The van der Waals surface area contributed by atoms with Crippen LogP contribution in [0, 0.1) is 0 Å².